The van der Waals surface area contributed by atoms with Crippen LogP contribution in [0, 0.1) is 0 Å². The molecule has 4 aromatic rings. The van der Waals surface area contributed by atoms with Crippen molar-refractivity contribution in [2.75, 3.05) is 23.4 Å². The number of tetrazole rings is 1. The molecule has 3 heterocycles. The molecule has 2 aliphatic rings. The highest BCUT2D eigenvalue weighted by Crippen LogP contribution is 2.43. The Morgan fingerprint density at radius 1 is 0.859 bits per heavy atom. The van der Waals surface area contributed by atoms with Gasteiger partial charge in [0, 0.05) is 24.2 Å². The predicted octanol–water partition coefficient (Wildman–Crippen LogP) is 5.32. The minimum atomic E-state index is -1.35. The Balaban J connectivity index is 1.08. The Morgan fingerprint density at radius 3 is 2.06 bits per heavy atom. The van der Waals surface area contributed by atoms with Gasteiger partial charge in [-0.2, -0.15) is 0 Å². The fourth-order valence-electron chi connectivity index (χ4n) is 6.45. The van der Waals surface area contributed by atoms with E-state index in [1.54, 1.807) is 72.9 Å². The lowest BCUT2D eigenvalue weighted by Crippen LogP contribution is -2.70. The number of esters is 2. The molecule has 0 unspecified atom stereocenters. The summed E-state index contributed by atoms with van der Waals surface area (Å²) in [7, 11) is 1.71. The number of ether oxygens (including phenoxy) is 4. The summed E-state index contributed by atoms with van der Waals surface area (Å²) in [5, 5.41) is 19.3. The first-order valence-electron chi connectivity index (χ1n) is 20.2. The Labute approximate surface area is 378 Å². The number of amides is 4. The van der Waals surface area contributed by atoms with Crippen LogP contribution in [-0.4, -0.2) is 108 Å². The molecule has 0 saturated carbocycles. The second-order valence-electron chi connectivity index (χ2n) is 16.7. The third kappa shape index (κ3) is 12.6. The fourth-order valence-corrected chi connectivity index (χ4v) is 8.78. The van der Waals surface area contributed by atoms with Gasteiger partial charge in [-0.25, -0.2) is 23.9 Å². The second-order valence-corrected chi connectivity index (χ2v) is 18.8. The van der Waals surface area contributed by atoms with Crippen LogP contribution in [0.4, 0.5) is 15.3 Å². The summed E-state index contributed by atoms with van der Waals surface area (Å²) >= 11 is 2.75. The van der Waals surface area contributed by atoms with E-state index in [-0.39, 0.29) is 12.1 Å². The van der Waals surface area contributed by atoms with Gasteiger partial charge >= 0.3 is 24.1 Å². The second kappa shape index (κ2) is 20.4. The molecular weight excluding hydrogens is 865 g/mol. The smallest absolute Gasteiger partial charge is 0.411 e. The van der Waals surface area contributed by atoms with Crippen LogP contribution in [0.3, 0.4) is 0 Å². The number of fused-ring (bicyclic) bond motifs is 1. The van der Waals surface area contributed by atoms with Crippen molar-refractivity contribution in [3.63, 3.8) is 0 Å². The normalized spacial score (nSPS) is 16.5. The molecule has 338 valence electrons. The van der Waals surface area contributed by atoms with E-state index < -0.39 is 77.3 Å². The predicted molar refractivity (Wildman–Crippen MR) is 237 cm³/mol. The number of aryl methyl sites for hydroxylation is 1. The Morgan fingerprint density at radius 2 is 1.48 bits per heavy atom. The van der Waals surface area contributed by atoms with Crippen LogP contribution in [0.15, 0.2) is 101 Å². The molecule has 0 aliphatic carbocycles. The quantitative estimate of drug-likeness (QED) is 0.0595. The van der Waals surface area contributed by atoms with Gasteiger partial charge in [-0.1, -0.05) is 84.6 Å². The number of hydrogen-bond donors (Lipinski definition) is 3. The van der Waals surface area contributed by atoms with Crippen LogP contribution in [0.1, 0.15) is 64.3 Å². The van der Waals surface area contributed by atoms with Crippen molar-refractivity contribution in [1.82, 2.24) is 35.7 Å². The van der Waals surface area contributed by atoms with Gasteiger partial charge in [0.05, 0.1) is 6.42 Å². The largest absolute Gasteiger partial charge is 0.458 e. The van der Waals surface area contributed by atoms with E-state index in [0.717, 1.165) is 11.1 Å². The van der Waals surface area contributed by atoms with E-state index in [1.165, 1.54) is 33.1 Å². The minimum absolute atomic E-state index is 0.0893. The van der Waals surface area contributed by atoms with E-state index in [4.69, 9.17) is 18.9 Å². The number of nitrogens with one attached hydrogen (secondary N) is 3. The number of carbonyl (C=O) groups excluding carboxylic acids is 6. The summed E-state index contributed by atoms with van der Waals surface area (Å²) in [6.45, 7) is 9.42. The lowest BCUT2D eigenvalue weighted by atomic mass is 10.0. The maximum absolute atomic E-state index is 14.3. The average molecular weight is 915 g/mol. The first kappa shape index (κ1) is 47.1. The molecule has 1 saturated heterocycles. The van der Waals surface area contributed by atoms with E-state index in [9.17, 15) is 28.8 Å². The van der Waals surface area contributed by atoms with E-state index in [1.807, 2.05) is 60.7 Å². The fraction of sp³-hybridized carbons (Fsp3) is 0.386. The summed E-state index contributed by atoms with van der Waals surface area (Å²) in [6.07, 6.45) is -2.65. The highest BCUT2D eigenvalue weighted by atomic mass is 32.2. The molecule has 0 bridgehead atoms. The van der Waals surface area contributed by atoms with Crippen LogP contribution in [0.25, 0.3) is 0 Å². The zero-order valence-corrected chi connectivity index (χ0v) is 38.0. The molecule has 2 aliphatic heterocycles. The molecule has 1 aromatic heterocycles. The molecule has 20 heteroatoms. The number of aromatic nitrogens is 4. The molecule has 18 nitrogen and oxygen atoms in total. The SMILES string of the molecule is Cn1nnnc1SCC1=C(C(=O)OC(c2ccccc2)c2ccccc2)N2C(=O)[C@@H](NC(=O)Cc3ccc(NC(=O)OC[C@H](NC(=O)OC(C)(C)C)C(=O)OC(C)(C)C)cc3)[C@@H]2SC1. The third-order valence-corrected chi connectivity index (χ3v) is 11.7. The molecule has 0 radical (unpaired) electrons. The van der Waals surface area contributed by atoms with Crippen molar-refractivity contribution in [3.8, 4) is 0 Å². The van der Waals surface area contributed by atoms with Gasteiger partial charge in [0.15, 0.2) is 12.1 Å². The average Bonchev–Trinajstić information content (AvgIpc) is 3.66. The molecule has 3 aromatic carbocycles. The van der Waals surface area contributed by atoms with Crippen molar-refractivity contribution >= 4 is 65.2 Å². The topological polar surface area (TPSA) is 222 Å². The van der Waals surface area contributed by atoms with Crippen molar-refractivity contribution in [1.29, 1.82) is 0 Å². The minimum Gasteiger partial charge on any atom is -0.458 e. The van der Waals surface area contributed by atoms with Crippen LogP contribution < -0.4 is 16.0 Å². The highest BCUT2D eigenvalue weighted by Gasteiger charge is 2.54. The zero-order chi connectivity index (χ0) is 46.2. The van der Waals surface area contributed by atoms with Gasteiger partial charge < -0.3 is 29.6 Å². The van der Waals surface area contributed by atoms with Crippen LogP contribution >= 0.6 is 23.5 Å². The maximum Gasteiger partial charge on any atom is 0.411 e. The molecule has 1 fully saturated rings. The standard InChI is InChI=1S/C44H50N8O10S2/c1-43(2,3)61-38(55)31(46-42(58)62-44(4,5)6)23-59-41(57)45-30-20-18-26(19-21-30)22-32(53)47-33-36(54)52-34(29(24-63-37(33)52)25-64-40-48-49-50-51(40)7)39(56)60-35(27-14-10-8-11-15-27)28-16-12-9-13-17-28/h8-21,31,33,35,37H,22-25H2,1-7H3,(H,45,57)(H,46,58)(H,47,53)/t31-,33+,37-/m0/s1. The van der Waals surface area contributed by atoms with E-state index in [0.29, 0.717) is 33.5 Å². The van der Waals surface area contributed by atoms with Crippen molar-refractivity contribution in [3.05, 3.63) is 113 Å². The van der Waals surface area contributed by atoms with Crippen LogP contribution in [-0.2, 0) is 51.6 Å². The van der Waals surface area contributed by atoms with Crippen molar-refractivity contribution < 1.29 is 47.7 Å². The molecule has 3 atom stereocenters. The van der Waals surface area contributed by atoms with Crippen molar-refractivity contribution in [2.45, 2.75) is 87.9 Å². The van der Waals surface area contributed by atoms with Crippen molar-refractivity contribution in [2.24, 2.45) is 7.05 Å². The van der Waals surface area contributed by atoms with Gasteiger partial charge in [0.25, 0.3) is 5.91 Å². The van der Waals surface area contributed by atoms with Gasteiger partial charge in [-0.05, 0) is 86.4 Å². The summed E-state index contributed by atoms with van der Waals surface area (Å²) in [5.41, 5.74) is 1.49. The summed E-state index contributed by atoms with van der Waals surface area (Å²) in [6, 6.07) is 22.8. The van der Waals surface area contributed by atoms with E-state index in [2.05, 4.69) is 31.5 Å². The number of β-lactam (4-membered cyclic amide) rings is 1. The van der Waals surface area contributed by atoms with Gasteiger partial charge in [-0.3, -0.25) is 19.8 Å². The number of alkyl carbamates (subject to hydrolysis) is 1. The molecular formula is C44H50N8O10S2. The summed E-state index contributed by atoms with van der Waals surface area (Å²) in [5.74, 6) is -1.69. The highest BCUT2D eigenvalue weighted by molar-refractivity contribution is 8.01. The Bertz CT molecular complexity index is 2330. The summed E-state index contributed by atoms with van der Waals surface area (Å²) < 4.78 is 23.6. The van der Waals surface area contributed by atoms with Crippen LogP contribution in [0.2, 0.25) is 0 Å². The van der Waals surface area contributed by atoms with E-state index >= 15 is 0 Å². The lowest BCUT2D eigenvalue weighted by Gasteiger charge is -2.49. The van der Waals surface area contributed by atoms with Gasteiger partial charge in [-0.15, -0.1) is 16.9 Å². The molecule has 64 heavy (non-hydrogen) atoms. The van der Waals surface area contributed by atoms with Gasteiger partial charge in [0.2, 0.25) is 11.1 Å². The number of benzene rings is 3. The third-order valence-electron chi connectivity index (χ3n) is 9.27. The monoisotopic (exact) mass is 914 g/mol. The molecule has 6 rings (SSSR count). The molecule has 3 N–H and O–H groups in total. The first-order valence-corrected chi connectivity index (χ1v) is 22.3. The number of nitrogens with zero attached hydrogens (tertiary/aromatic N) is 5. The number of carbonyl (C=O) groups is 6. The lowest BCUT2D eigenvalue weighted by molar-refractivity contribution is -0.158. The Hall–Kier alpha value is -6.41. The maximum atomic E-state index is 14.3. The number of hydrogen-bond acceptors (Lipinski definition) is 15. The summed E-state index contributed by atoms with van der Waals surface area (Å²) in [4.78, 5) is 80.9. The zero-order valence-electron chi connectivity index (χ0n) is 36.4. The molecule has 0 spiro atoms. The first-order chi connectivity index (χ1) is 30.3. The number of thioether (sulfide) groups is 2. The van der Waals surface area contributed by atoms with Gasteiger partial charge in [0.1, 0.15) is 34.9 Å². The Kier molecular flexibility index (Phi) is 15.0. The molecule has 4 amide bonds. The number of rotatable bonds is 15. The number of anilines is 1. The van der Waals surface area contributed by atoms with Crippen LogP contribution in [0.5, 0.6) is 0 Å².